The highest BCUT2D eigenvalue weighted by Crippen LogP contribution is 2.24. The van der Waals surface area contributed by atoms with Crippen molar-refractivity contribution in [1.29, 1.82) is 0 Å². The van der Waals surface area contributed by atoms with E-state index in [9.17, 15) is 19.7 Å². The lowest BCUT2D eigenvalue weighted by atomic mass is 10.0. The molecule has 0 aliphatic heterocycles. The molecule has 2 N–H and O–H groups in total. The van der Waals surface area contributed by atoms with Gasteiger partial charge in [0.1, 0.15) is 5.02 Å². The summed E-state index contributed by atoms with van der Waals surface area (Å²) in [6.07, 6.45) is -0.00672. The van der Waals surface area contributed by atoms with Crippen LogP contribution in [0.4, 0.5) is 11.4 Å². The highest BCUT2D eigenvalue weighted by molar-refractivity contribution is 6.33. The number of benzene rings is 2. The predicted octanol–water partition coefficient (Wildman–Crippen LogP) is 4.51. The molecule has 0 bridgehead atoms. The topological polar surface area (TPSA) is 114 Å². The number of nitro groups is 1. The quantitative estimate of drug-likeness (QED) is 0.392. The lowest BCUT2D eigenvalue weighted by molar-refractivity contribution is -0.384. The summed E-state index contributed by atoms with van der Waals surface area (Å²) in [7, 11) is 0. The number of halogens is 1. The second-order valence-corrected chi connectivity index (χ2v) is 7.12. The number of hydrazone groups is 1. The molecule has 152 valence electrons. The molecule has 0 fully saturated rings. The molecule has 0 aliphatic carbocycles. The fourth-order valence-corrected chi connectivity index (χ4v) is 2.68. The van der Waals surface area contributed by atoms with Crippen LogP contribution in [0.5, 0.6) is 0 Å². The summed E-state index contributed by atoms with van der Waals surface area (Å²) < 4.78 is 0. The fourth-order valence-electron chi connectivity index (χ4n) is 2.44. The first-order valence-corrected chi connectivity index (χ1v) is 9.22. The molecule has 0 aliphatic rings. The minimum absolute atomic E-state index is 0.00672. The second kappa shape index (κ2) is 9.79. The molecule has 2 aromatic carbocycles. The number of carbonyl (C=O) groups excluding carboxylic acids is 2. The Morgan fingerprint density at radius 2 is 1.83 bits per heavy atom. The molecule has 9 heteroatoms. The Bertz CT molecular complexity index is 955. The molecule has 29 heavy (non-hydrogen) atoms. The van der Waals surface area contributed by atoms with Crippen LogP contribution in [0.2, 0.25) is 5.02 Å². The van der Waals surface area contributed by atoms with Gasteiger partial charge in [0.2, 0.25) is 5.91 Å². The summed E-state index contributed by atoms with van der Waals surface area (Å²) in [5.74, 6) is -0.453. The predicted molar refractivity (Wildman–Crippen MR) is 112 cm³/mol. The number of amides is 2. The molecule has 0 spiro atoms. The third-order valence-corrected chi connectivity index (χ3v) is 4.34. The molecule has 0 heterocycles. The van der Waals surface area contributed by atoms with Crippen LogP contribution in [0.25, 0.3) is 0 Å². The SMILES string of the molecule is CC(CC(=O)Nc1ccc(C(C)C)cc1)=NNC(=O)c1ccc([N+](=O)[O-])c(Cl)c1. The molecule has 2 amide bonds. The van der Waals surface area contributed by atoms with E-state index in [1.54, 1.807) is 6.92 Å². The fraction of sp³-hybridized carbons (Fsp3) is 0.250. The Hall–Kier alpha value is -3.26. The van der Waals surface area contributed by atoms with Gasteiger partial charge in [-0.15, -0.1) is 0 Å². The average molecular weight is 417 g/mol. The molecule has 2 rings (SSSR count). The third kappa shape index (κ3) is 6.39. The average Bonchev–Trinajstić information content (AvgIpc) is 2.66. The number of nitrogens with zero attached hydrogens (tertiary/aromatic N) is 2. The Morgan fingerprint density at radius 1 is 1.17 bits per heavy atom. The first-order valence-electron chi connectivity index (χ1n) is 8.84. The third-order valence-electron chi connectivity index (χ3n) is 4.03. The van der Waals surface area contributed by atoms with Crippen molar-refractivity contribution in [3.63, 3.8) is 0 Å². The molecular weight excluding hydrogens is 396 g/mol. The van der Waals surface area contributed by atoms with Gasteiger partial charge in [0.05, 0.1) is 11.3 Å². The molecule has 0 saturated carbocycles. The van der Waals surface area contributed by atoms with Gasteiger partial charge in [0.15, 0.2) is 0 Å². The van der Waals surface area contributed by atoms with E-state index in [4.69, 9.17) is 11.6 Å². The van der Waals surface area contributed by atoms with E-state index in [1.807, 2.05) is 24.3 Å². The van der Waals surface area contributed by atoms with Crippen molar-refractivity contribution < 1.29 is 14.5 Å². The number of carbonyl (C=O) groups is 2. The van der Waals surface area contributed by atoms with Crippen LogP contribution >= 0.6 is 11.6 Å². The van der Waals surface area contributed by atoms with Crippen LogP contribution in [0.3, 0.4) is 0 Å². The van der Waals surface area contributed by atoms with E-state index in [0.717, 1.165) is 6.07 Å². The van der Waals surface area contributed by atoms with Gasteiger partial charge in [0, 0.05) is 23.0 Å². The summed E-state index contributed by atoms with van der Waals surface area (Å²) in [4.78, 5) is 34.3. The Labute approximate surface area is 173 Å². The number of hydrogen-bond acceptors (Lipinski definition) is 5. The van der Waals surface area contributed by atoms with Gasteiger partial charge in [-0.1, -0.05) is 37.6 Å². The highest BCUT2D eigenvalue weighted by atomic mass is 35.5. The molecule has 2 aromatic rings. The summed E-state index contributed by atoms with van der Waals surface area (Å²) in [6.45, 7) is 5.78. The van der Waals surface area contributed by atoms with Crippen molar-refractivity contribution in [2.75, 3.05) is 5.32 Å². The van der Waals surface area contributed by atoms with E-state index in [0.29, 0.717) is 17.3 Å². The number of anilines is 1. The highest BCUT2D eigenvalue weighted by Gasteiger charge is 2.15. The normalized spacial score (nSPS) is 11.3. The standard InChI is InChI=1S/C20H21ClN4O4/c1-12(2)14-4-7-16(8-5-14)22-19(26)10-13(3)23-24-20(27)15-6-9-18(25(28)29)17(21)11-15/h4-9,11-12H,10H2,1-3H3,(H,22,26)(H,24,27). The maximum atomic E-state index is 12.1. The van der Waals surface area contributed by atoms with Crippen LogP contribution < -0.4 is 10.7 Å². The maximum absolute atomic E-state index is 12.1. The van der Waals surface area contributed by atoms with Crippen LogP contribution in [0, 0.1) is 10.1 Å². The van der Waals surface area contributed by atoms with E-state index < -0.39 is 10.8 Å². The van der Waals surface area contributed by atoms with Crippen molar-refractivity contribution >= 4 is 40.5 Å². The molecule has 0 saturated heterocycles. The zero-order valence-electron chi connectivity index (χ0n) is 16.2. The van der Waals surface area contributed by atoms with Gasteiger partial charge in [-0.05, 0) is 42.7 Å². The molecule has 0 atom stereocenters. The van der Waals surface area contributed by atoms with E-state index in [2.05, 4.69) is 29.7 Å². The van der Waals surface area contributed by atoms with Gasteiger partial charge >= 0.3 is 0 Å². The van der Waals surface area contributed by atoms with Gasteiger partial charge in [0.25, 0.3) is 11.6 Å². The lowest BCUT2D eigenvalue weighted by Crippen LogP contribution is -2.21. The van der Waals surface area contributed by atoms with Gasteiger partial charge < -0.3 is 5.32 Å². The molecule has 8 nitrogen and oxygen atoms in total. The van der Waals surface area contributed by atoms with Crippen LogP contribution in [0.1, 0.15) is 49.0 Å². The minimum atomic E-state index is -0.638. The zero-order chi connectivity index (χ0) is 21.6. The Kier molecular flexibility index (Phi) is 7.44. The summed E-state index contributed by atoms with van der Waals surface area (Å²) in [6, 6.07) is 11.2. The lowest BCUT2D eigenvalue weighted by Gasteiger charge is -2.08. The second-order valence-electron chi connectivity index (χ2n) is 6.71. The van der Waals surface area contributed by atoms with Crippen molar-refractivity contribution in [3.8, 4) is 0 Å². The molecule has 0 radical (unpaired) electrons. The summed E-state index contributed by atoms with van der Waals surface area (Å²) >= 11 is 5.79. The minimum Gasteiger partial charge on any atom is -0.326 e. The van der Waals surface area contributed by atoms with Crippen molar-refractivity contribution in [2.24, 2.45) is 5.10 Å². The summed E-state index contributed by atoms with van der Waals surface area (Å²) in [5.41, 5.74) is 4.38. The largest absolute Gasteiger partial charge is 0.326 e. The summed E-state index contributed by atoms with van der Waals surface area (Å²) in [5, 5.41) is 17.3. The van der Waals surface area contributed by atoms with Crippen molar-refractivity contribution in [2.45, 2.75) is 33.1 Å². The van der Waals surface area contributed by atoms with Gasteiger partial charge in [-0.3, -0.25) is 19.7 Å². The molecule has 0 aromatic heterocycles. The first-order chi connectivity index (χ1) is 13.7. The van der Waals surface area contributed by atoms with E-state index in [1.165, 1.54) is 17.7 Å². The van der Waals surface area contributed by atoms with E-state index in [-0.39, 0.29) is 28.6 Å². The van der Waals surface area contributed by atoms with Crippen molar-refractivity contribution in [1.82, 2.24) is 5.43 Å². The Balaban J connectivity index is 1.92. The Morgan fingerprint density at radius 3 is 2.38 bits per heavy atom. The van der Waals surface area contributed by atoms with Gasteiger partial charge in [-0.25, -0.2) is 5.43 Å². The zero-order valence-corrected chi connectivity index (χ0v) is 17.0. The smallest absolute Gasteiger partial charge is 0.287 e. The van der Waals surface area contributed by atoms with Crippen LogP contribution in [0.15, 0.2) is 47.6 Å². The monoisotopic (exact) mass is 416 g/mol. The number of nitrogens with one attached hydrogen (secondary N) is 2. The number of nitro benzene ring substituents is 1. The maximum Gasteiger partial charge on any atom is 0.287 e. The molecular formula is C20H21ClN4O4. The number of hydrogen-bond donors (Lipinski definition) is 2. The number of rotatable bonds is 7. The molecule has 0 unspecified atom stereocenters. The van der Waals surface area contributed by atoms with Crippen LogP contribution in [-0.2, 0) is 4.79 Å². The van der Waals surface area contributed by atoms with Crippen LogP contribution in [-0.4, -0.2) is 22.4 Å². The van der Waals surface area contributed by atoms with Gasteiger partial charge in [-0.2, -0.15) is 5.10 Å². The first kappa shape index (κ1) is 22.0. The van der Waals surface area contributed by atoms with Crippen molar-refractivity contribution in [3.05, 3.63) is 68.7 Å². The van der Waals surface area contributed by atoms with E-state index >= 15 is 0 Å².